The largest absolute Gasteiger partial charge is 0.442 e. The first-order valence-electron chi connectivity index (χ1n) is 14.8. The third-order valence-corrected chi connectivity index (χ3v) is 7.52. The van der Waals surface area contributed by atoms with Crippen LogP contribution >= 0.6 is 0 Å². The Hall–Kier alpha value is -2.43. The van der Waals surface area contributed by atoms with Gasteiger partial charge in [-0.2, -0.15) is 0 Å². The van der Waals surface area contributed by atoms with Crippen molar-refractivity contribution in [2.75, 3.05) is 62.3 Å². The standard InChI is InChI=1S/C29H48FN5O4/c1-2-3-4-5-6-7-10-15-34(28(36)26(32)11-8-9-14-31)21-24-22-35(29(37)39-24)23-12-13-27(25(30)20-23)33-16-18-38-19-17-33/h12-13,20,24,26H,2-11,14-19,21-22,31-32H2,1H3/t24-,26-/m0/s1. The van der Waals surface area contributed by atoms with Crippen LogP contribution < -0.4 is 21.3 Å². The monoisotopic (exact) mass is 549 g/mol. The third kappa shape index (κ3) is 9.61. The number of hydrogen-bond acceptors (Lipinski definition) is 7. The van der Waals surface area contributed by atoms with E-state index in [1.165, 1.54) is 36.6 Å². The fourth-order valence-corrected chi connectivity index (χ4v) is 5.22. The SMILES string of the molecule is CCCCCCCCCN(C[C@H]1CN(c2ccc(N3CCOCC3)c(F)c2)C(=O)O1)C(=O)[C@@H](N)CCCCN. The number of carbonyl (C=O) groups excluding carboxylic acids is 2. The molecule has 2 amide bonds. The van der Waals surface area contributed by atoms with Gasteiger partial charge in [0.05, 0.1) is 43.7 Å². The van der Waals surface area contributed by atoms with E-state index in [0.717, 1.165) is 32.1 Å². The summed E-state index contributed by atoms with van der Waals surface area (Å²) in [5.74, 6) is -0.502. The van der Waals surface area contributed by atoms with Crippen molar-refractivity contribution in [1.29, 1.82) is 0 Å². The number of rotatable bonds is 17. The summed E-state index contributed by atoms with van der Waals surface area (Å²) < 4.78 is 26.0. The highest BCUT2D eigenvalue weighted by Gasteiger charge is 2.35. The second-order valence-corrected chi connectivity index (χ2v) is 10.6. The van der Waals surface area contributed by atoms with Gasteiger partial charge in [-0.25, -0.2) is 9.18 Å². The number of anilines is 2. The summed E-state index contributed by atoms with van der Waals surface area (Å²) in [6.07, 6.45) is 9.15. The molecule has 0 spiro atoms. The molecular weight excluding hydrogens is 501 g/mol. The lowest BCUT2D eigenvalue weighted by atomic mass is 10.1. The molecule has 0 saturated carbocycles. The average molecular weight is 550 g/mol. The summed E-state index contributed by atoms with van der Waals surface area (Å²) in [6, 6.07) is 4.22. The summed E-state index contributed by atoms with van der Waals surface area (Å²) in [5, 5.41) is 0. The smallest absolute Gasteiger partial charge is 0.414 e. The van der Waals surface area contributed by atoms with Gasteiger partial charge in [0.2, 0.25) is 5.91 Å². The summed E-state index contributed by atoms with van der Waals surface area (Å²) >= 11 is 0. The highest BCUT2D eigenvalue weighted by molar-refractivity contribution is 5.90. The van der Waals surface area contributed by atoms with E-state index in [4.69, 9.17) is 20.9 Å². The van der Waals surface area contributed by atoms with Crippen molar-refractivity contribution in [3.05, 3.63) is 24.0 Å². The molecule has 2 aliphatic rings. The van der Waals surface area contributed by atoms with Crippen LogP contribution in [0.1, 0.15) is 71.1 Å². The maximum absolute atomic E-state index is 15.0. The van der Waals surface area contributed by atoms with Gasteiger partial charge in [0.1, 0.15) is 11.9 Å². The Morgan fingerprint density at radius 3 is 2.51 bits per heavy atom. The first-order chi connectivity index (χ1) is 18.9. The molecule has 9 nitrogen and oxygen atoms in total. The van der Waals surface area contributed by atoms with Crippen LogP contribution in [-0.2, 0) is 14.3 Å². The first-order valence-corrected chi connectivity index (χ1v) is 14.8. The normalized spacial score (nSPS) is 18.4. The Labute approximate surface area is 232 Å². The van der Waals surface area contributed by atoms with Crippen LogP contribution in [0.4, 0.5) is 20.6 Å². The second kappa shape index (κ2) is 16.6. The lowest BCUT2D eigenvalue weighted by molar-refractivity contribution is -0.134. The molecule has 1 aromatic carbocycles. The third-order valence-electron chi connectivity index (χ3n) is 7.52. The van der Waals surface area contributed by atoms with Crippen molar-refractivity contribution in [1.82, 2.24) is 4.90 Å². The quantitative estimate of drug-likeness (QED) is 0.282. The number of hydrogen-bond donors (Lipinski definition) is 2. The molecule has 0 aromatic heterocycles. The Balaban J connectivity index is 1.59. The highest BCUT2D eigenvalue weighted by Crippen LogP contribution is 2.28. The number of unbranched alkanes of at least 4 members (excludes halogenated alkanes) is 7. The topological polar surface area (TPSA) is 114 Å². The van der Waals surface area contributed by atoms with E-state index in [0.29, 0.717) is 57.2 Å². The Bertz CT molecular complexity index is 898. The molecule has 0 bridgehead atoms. The van der Waals surface area contributed by atoms with Gasteiger partial charge < -0.3 is 30.7 Å². The number of ether oxygens (including phenoxy) is 2. The van der Waals surface area contributed by atoms with Gasteiger partial charge in [-0.1, -0.05) is 51.9 Å². The van der Waals surface area contributed by atoms with Gasteiger partial charge in [-0.15, -0.1) is 0 Å². The van der Waals surface area contributed by atoms with Gasteiger partial charge in [0, 0.05) is 19.6 Å². The number of nitrogens with zero attached hydrogens (tertiary/aromatic N) is 3. The van der Waals surface area contributed by atoms with Crippen LogP contribution in [0.25, 0.3) is 0 Å². The Kier molecular flexibility index (Phi) is 13.3. The summed E-state index contributed by atoms with van der Waals surface area (Å²) in [4.78, 5) is 31.1. The maximum atomic E-state index is 15.0. The summed E-state index contributed by atoms with van der Waals surface area (Å²) in [6.45, 7) is 6.25. The van der Waals surface area contributed by atoms with Gasteiger partial charge in [-0.05, 0) is 44.0 Å². The van der Waals surface area contributed by atoms with Crippen molar-refractivity contribution >= 4 is 23.4 Å². The molecule has 2 aliphatic heterocycles. The van der Waals surface area contributed by atoms with Crippen molar-refractivity contribution in [2.45, 2.75) is 83.3 Å². The summed E-state index contributed by atoms with van der Waals surface area (Å²) in [5.41, 5.74) is 12.8. The number of cyclic esters (lactones) is 1. The van der Waals surface area contributed by atoms with E-state index in [1.54, 1.807) is 17.0 Å². The van der Waals surface area contributed by atoms with Crippen LogP contribution in [0.5, 0.6) is 0 Å². The maximum Gasteiger partial charge on any atom is 0.414 e. The van der Waals surface area contributed by atoms with Gasteiger partial charge >= 0.3 is 6.09 Å². The molecule has 39 heavy (non-hydrogen) atoms. The van der Waals surface area contributed by atoms with Crippen molar-refractivity contribution in [2.24, 2.45) is 11.5 Å². The average Bonchev–Trinajstić information content (AvgIpc) is 3.31. The molecular formula is C29H48FN5O4. The molecule has 1 aromatic rings. The lowest BCUT2D eigenvalue weighted by Crippen LogP contribution is -2.47. The number of amides is 2. The van der Waals surface area contributed by atoms with Crippen LogP contribution in [-0.4, -0.2) is 81.5 Å². The fourth-order valence-electron chi connectivity index (χ4n) is 5.22. The van der Waals surface area contributed by atoms with Crippen LogP contribution in [0.2, 0.25) is 0 Å². The highest BCUT2D eigenvalue weighted by atomic mass is 19.1. The second-order valence-electron chi connectivity index (χ2n) is 10.6. The number of halogens is 1. The minimum atomic E-state index is -0.601. The molecule has 4 N–H and O–H groups in total. The zero-order chi connectivity index (χ0) is 28.0. The number of morpholine rings is 1. The van der Waals surface area contributed by atoms with E-state index in [9.17, 15) is 14.0 Å². The molecule has 0 unspecified atom stereocenters. The molecule has 10 heteroatoms. The molecule has 0 radical (unpaired) electrons. The van der Waals surface area contributed by atoms with Gasteiger partial charge in [-0.3, -0.25) is 9.69 Å². The van der Waals surface area contributed by atoms with Crippen molar-refractivity contribution in [3.8, 4) is 0 Å². The molecule has 2 heterocycles. The van der Waals surface area contributed by atoms with E-state index in [2.05, 4.69) is 6.92 Å². The molecule has 0 aliphatic carbocycles. The number of benzene rings is 1. The van der Waals surface area contributed by atoms with Crippen LogP contribution in [0.15, 0.2) is 18.2 Å². The number of carbonyl (C=O) groups is 2. The lowest BCUT2D eigenvalue weighted by Gasteiger charge is -2.29. The molecule has 3 rings (SSSR count). The zero-order valence-electron chi connectivity index (χ0n) is 23.6. The minimum absolute atomic E-state index is 0.117. The fraction of sp³-hybridized carbons (Fsp3) is 0.724. The molecule has 2 fully saturated rings. The van der Waals surface area contributed by atoms with E-state index in [1.807, 2.05) is 4.90 Å². The van der Waals surface area contributed by atoms with Gasteiger partial charge in [0.25, 0.3) is 0 Å². The molecule has 220 valence electrons. The minimum Gasteiger partial charge on any atom is -0.442 e. The van der Waals surface area contributed by atoms with Crippen molar-refractivity contribution in [3.63, 3.8) is 0 Å². The predicted octanol–water partition coefficient (Wildman–Crippen LogP) is 4.02. The Morgan fingerprint density at radius 2 is 1.82 bits per heavy atom. The van der Waals surface area contributed by atoms with E-state index >= 15 is 0 Å². The first kappa shape index (κ1) is 31.1. The molecule has 2 saturated heterocycles. The van der Waals surface area contributed by atoms with Crippen LogP contribution in [0, 0.1) is 5.82 Å². The van der Waals surface area contributed by atoms with E-state index in [-0.39, 0.29) is 24.8 Å². The number of nitrogens with two attached hydrogens (primary N) is 2. The Morgan fingerprint density at radius 1 is 1.10 bits per heavy atom. The molecule has 2 atom stereocenters. The van der Waals surface area contributed by atoms with Crippen LogP contribution in [0.3, 0.4) is 0 Å². The van der Waals surface area contributed by atoms with Crippen molar-refractivity contribution < 1.29 is 23.5 Å². The van der Waals surface area contributed by atoms with Gasteiger partial charge in [0.15, 0.2) is 0 Å². The summed E-state index contributed by atoms with van der Waals surface area (Å²) in [7, 11) is 0. The zero-order valence-corrected chi connectivity index (χ0v) is 23.6. The predicted molar refractivity (Wildman–Crippen MR) is 153 cm³/mol. The van der Waals surface area contributed by atoms with E-state index < -0.39 is 18.2 Å².